The quantitative estimate of drug-likeness (QED) is 0.401. The van der Waals surface area contributed by atoms with Crippen LogP contribution in [0.5, 0.6) is 0 Å². The van der Waals surface area contributed by atoms with Gasteiger partial charge in [0.15, 0.2) is 10.9 Å². The molecule has 1 aliphatic heterocycles. The zero-order valence-electron chi connectivity index (χ0n) is 14.6. The highest BCUT2D eigenvalue weighted by molar-refractivity contribution is 7.98. The van der Waals surface area contributed by atoms with E-state index < -0.39 is 6.23 Å². The van der Waals surface area contributed by atoms with Crippen molar-refractivity contribution >= 4 is 46.4 Å². The molecule has 0 saturated carbocycles. The third kappa shape index (κ3) is 3.97. The van der Waals surface area contributed by atoms with Crippen molar-refractivity contribution in [3.05, 3.63) is 45.0 Å². The highest BCUT2D eigenvalue weighted by atomic mass is 35.5. The maximum atomic E-state index is 12.1. The third-order valence-electron chi connectivity index (χ3n) is 3.80. The number of esters is 1. The number of halogens is 1. The number of thioether (sulfide) groups is 1. The van der Waals surface area contributed by atoms with Gasteiger partial charge in [-0.15, -0.1) is 11.3 Å². The predicted octanol–water partition coefficient (Wildman–Crippen LogP) is 4.20. The van der Waals surface area contributed by atoms with Crippen molar-refractivity contribution < 1.29 is 14.3 Å². The van der Waals surface area contributed by atoms with Crippen LogP contribution in [-0.4, -0.2) is 40.7 Å². The molecule has 138 valence electrons. The number of aromatic nitrogens is 2. The molecule has 9 heteroatoms. The Morgan fingerprint density at radius 3 is 2.73 bits per heavy atom. The van der Waals surface area contributed by atoms with Crippen molar-refractivity contribution in [3.63, 3.8) is 0 Å². The Morgan fingerprint density at radius 2 is 2.15 bits per heavy atom. The summed E-state index contributed by atoms with van der Waals surface area (Å²) in [6.07, 6.45) is 5.12. The van der Waals surface area contributed by atoms with Gasteiger partial charge in [-0.3, -0.25) is 4.79 Å². The maximum absolute atomic E-state index is 12.1. The van der Waals surface area contributed by atoms with E-state index in [4.69, 9.17) is 21.1 Å². The normalized spacial score (nSPS) is 16.8. The predicted molar refractivity (Wildman–Crippen MR) is 103 cm³/mol. The van der Waals surface area contributed by atoms with Crippen LogP contribution in [0.4, 0.5) is 0 Å². The molecule has 1 aliphatic rings. The molecule has 0 aliphatic carbocycles. The topological polar surface area (TPSA) is 64.5 Å². The number of ether oxygens (including phenoxy) is 2. The summed E-state index contributed by atoms with van der Waals surface area (Å²) in [6, 6.07) is 3.70. The molecule has 3 rings (SSSR count). The first-order chi connectivity index (χ1) is 12.5. The number of carbonyl (C=O) groups is 1. The zero-order valence-corrected chi connectivity index (χ0v) is 17.0. The van der Waals surface area contributed by atoms with Gasteiger partial charge < -0.3 is 14.4 Å². The fraction of sp³-hybridized carbons (Fsp3) is 0.353. The van der Waals surface area contributed by atoms with Gasteiger partial charge in [-0.1, -0.05) is 23.4 Å². The van der Waals surface area contributed by atoms with Gasteiger partial charge in [0.05, 0.1) is 33.5 Å². The van der Waals surface area contributed by atoms with Crippen molar-refractivity contribution in [2.24, 2.45) is 0 Å². The third-order valence-corrected chi connectivity index (χ3v) is 5.60. The van der Waals surface area contributed by atoms with E-state index in [9.17, 15) is 4.79 Å². The molecule has 0 spiro atoms. The Hall–Kier alpha value is -1.77. The SMILES string of the molecule is CCOC(=O)CC1=C(c2ccc(Cl)s2)OC(c2cnc(SC)nc2)N1C. The van der Waals surface area contributed by atoms with E-state index in [1.165, 1.54) is 23.1 Å². The summed E-state index contributed by atoms with van der Waals surface area (Å²) in [6.45, 7) is 2.12. The van der Waals surface area contributed by atoms with Crippen LogP contribution in [0.2, 0.25) is 4.34 Å². The molecule has 0 radical (unpaired) electrons. The first-order valence-electron chi connectivity index (χ1n) is 7.93. The number of rotatable bonds is 6. The summed E-state index contributed by atoms with van der Waals surface area (Å²) in [5.74, 6) is 0.337. The molecule has 0 N–H and O–H groups in total. The fourth-order valence-corrected chi connectivity index (χ4v) is 3.97. The molecule has 6 nitrogen and oxygen atoms in total. The molecule has 0 saturated heterocycles. The summed E-state index contributed by atoms with van der Waals surface area (Å²) in [7, 11) is 1.88. The van der Waals surface area contributed by atoms with Crippen molar-refractivity contribution in [1.29, 1.82) is 0 Å². The van der Waals surface area contributed by atoms with E-state index in [0.29, 0.717) is 21.9 Å². The fourth-order valence-electron chi connectivity index (χ4n) is 2.60. The number of hydrogen-bond acceptors (Lipinski definition) is 8. The molecular formula is C17H18ClN3O3S2. The lowest BCUT2D eigenvalue weighted by Crippen LogP contribution is -2.22. The van der Waals surface area contributed by atoms with Gasteiger partial charge in [0, 0.05) is 19.4 Å². The second-order valence-corrected chi connectivity index (χ2v) is 7.93. The van der Waals surface area contributed by atoms with Crippen molar-refractivity contribution in [3.8, 4) is 0 Å². The molecule has 1 atom stereocenters. The Kier molecular flexibility index (Phi) is 6.05. The largest absolute Gasteiger partial charge is 0.466 e. The first-order valence-corrected chi connectivity index (χ1v) is 10.3. The van der Waals surface area contributed by atoms with Gasteiger partial charge in [-0.2, -0.15) is 0 Å². The molecule has 2 aromatic rings. The maximum Gasteiger partial charge on any atom is 0.311 e. The number of carbonyl (C=O) groups excluding carboxylic acids is 1. The molecule has 0 aromatic carbocycles. The summed E-state index contributed by atoms with van der Waals surface area (Å²) in [4.78, 5) is 23.5. The van der Waals surface area contributed by atoms with Crippen LogP contribution in [0, 0.1) is 0 Å². The zero-order chi connectivity index (χ0) is 18.7. The minimum Gasteiger partial charge on any atom is -0.466 e. The van der Waals surface area contributed by atoms with E-state index in [2.05, 4.69) is 9.97 Å². The smallest absolute Gasteiger partial charge is 0.311 e. The molecule has 2 aromatic heterocycles. The van der Waals surface area contributed by atoms with Gasteiger partial charge in [0.25, 0.3) is 0 Å². The second-order valence-electron chi connectivity index (χ2n) is 5.45. The lowest BCUT2D eigenvalue weighted by Gasteiger charge is -2.22. The molecule has 0 fully saturated rings. The van der Waals surface area contributed by atoms with E-state index in [1.807, 2.05) is 30.3 Å². The summed E-state index contributed by atoms with van der Waals surface area (Å²) in [5, 5.41) is 0.694. The van der Waals surface area contributed by atoms with Crippen LogP contribution >= 0.6 is 34.7 Å². The van der Waals surface area contributed by atoms with Gasteiger partial charge >= 0.3 is 5.97 Å². The monoisotopic (exact) mass is 411 g/mol. The molecule has 26 heavy (non-hydrogen) atoms. The first kappa shape index (κ1) is 19.0. The van der Waals surface area contributed by atoms with Crippen LogP contribution in [-0.2, 0) is 14.3 Å². The van der Waals surface area contributed by atoms with Crippen LogP contribution in [0.1, 0.15) is 30.0 Å². The van der Waals surface area contributed by atoms with Crippen LogP contribution in [0.3, 0.4) is 0 Å². The lowest BCUT2D eigenvalue weighted by molar-refractivity contribution is -0.142. The van der Waals surface area contributed by atoms with Gasteiger partial charge in [0.2, 0.25) is 6.23 Å². The van der Waals surface area contributed by atoms with Crippen molar-refractivity contribution in [2.75, 3.05) is 19.9 Å². The number of nitrogens with zero attached hydrogens (tertiary/aromatic N) is 3. The summed E-state index contributed by atoms with van der Waals surface area (Å²) >= 11 is 8.96. The summed E-state index contributed by atoms with van der Waals surface area (Å²) in [5.41, 5.74) is 1.56. The van der Waals surface area contributed by atoms with Gasteiger partial charge in [-0.25, -0.2) is 9.97 Å². The van der Waals surface area contributed by atoms with Gasteiger partial charge in [-0.05, 0) is 25.3 Å². The van der Waals surface area contributed by atoms with E-state index in [0.717, 1.165) is 16.1 Å². The average Bonchev–Trinajstić information content (AvgIpc) is 3.20. The van der Waals surface area contributed by atoms with Crippen LogP contribution < -0.4 is 0 Å². The van der Waals surface area contributed by atoms with Crippen molar-refractivity contribution in [2.45, 2.75) is 24.7 Å². The van der Waals surface area contributed by atoms with E-state index >= 15 is 0 Å². The number of hydrogen-bond donors (Lipinski definition) is 0. The Labute approximate surface area is 165 Å². The number of thiophene rings is 1. The van der Waals surface area contributed by atoms with E-state index in [-0.39, 0.29) is 12.4 Å². The Balaban J connectivity index is 1.92. The molecule has 0 bridgehead atoms. The minimum absolute atomic E-state index is 0.120. The Morgan fingerprint density at radius 1 is 1.42 bits per heavy atom. The highest BCUT2D eigenvalue weighted by Gasteiger charge is 2.35. The molecular weight excluding hydrogens is 394 g/mol. The highest BCUT2D eigenvalue weighted by Crippen LogP contribution is 2.43. The summed E-state index contributed by atoms with van der Waals surface area (Å²) < 4.78 is 12.0. The molecule has 0 amide bonds. The Bertz CT molecular complexity index is 823. The molecule has 1 unspecified atom stereocenters. The van der Waals surface area contributed by atoms with Crippen LogP contribution in [0.15, 0.2) is 35.4 Å². The van der Waals surface area contributed by atoms with Gasteiger partial charge in [0.1, 0.15) is 0 Å². The second kappa shape index (κ2) is 8.28. The average molecular weight is 412 g/mol. The minimum atomic E-state index is -0.411. The van der Waals surface area contributed by atoms with Crippen LogP contribution in [0.25, 0.3) is 5.76 Å². The van der Waals surface area contributed by atoms with E-state index in [1.54, 1.807) is 19.3 Å². The van der Waals surface area contributed by atoms with Crippen molar-refractivity contribution in [1.82, 2.24) is 14.9 Å². The lowest BCUT2D eigenvalue weighted by atomic mass is 10.2. The standard InChI is InChI=1S/C17H18ClN3O3S2/c1-4-23-14(22)7-11-15(12-5-6-13(18)26-12)24-16(21(11)2)10-8-19-17(25-3)20-9-10/h5-6,8-9,16H,4,7H2,1-3H3. The molecule has 3 heterocycles.